The van der Waals surface area contributed by atoms with E-state index < -0.39 is 0 Å². The number of aryl methyl sites for hydroxylation is 1. The van der Waals surface area contributed by atoms with Crippen LogP contribution < -0.4 is 10.6 Å². The van der Waals surface area contributed by atoms with Gasteiger partial charge in [-0.1, -0.05) is 36.4 Å². The number of thioether (sulfide) groups is 1. The lowest BCUT2D eigenvalue weighted by molar-refractivity contribution is -0.113. The first-order chi connectivity index (χ1) is 13.5. The molecule has 0 saturated carbocycles. The van der Waals surface area contributed by atoms with Crippen LogP contribution in [0.25, 0.3) is 0 Å². The SMILES string of the molecule is Cc1ccccc1C(=O)Nc1cccc(SCC(=O)Nc2ccccc2Br)c1. The van der Waals surface area contributed by atoms with Crippen LogP contribution in [0.1, 0.15) is 15.9 Å². The Balaban J connectivity index is 1.59. The zero-order chi connectivity index (χ0) is 19.9. The smallest absolute Gasteiger partial charge is 0.255 e. The Kier molecular flexibility index (Phi) is 6.90. The molecule has 0 radical (unpaired) electrons. The number of hydrogen-bond donors (Lipinski definition) is 2. The largest absolute Gasteiger partial charge is 0.324 e. The van der Waals surface area contributed by atoms with Crippen molar-refractivity contribution in [1.29, 1.82) is 0 Å². The van der Waals surface area contributed by atoms with Crippen molar-refractivity contribution in [1.82, 2.24) is 0 Å². The van der Waals surface area contributed by atoms with Crippen LogP contribution in [0, 0.1) is 6.92 Å². The first-order valence-corrected chi connectivity index (χ1v) is 10.4. The van der Waals surface area contributed by atoms with Crippen LogP contribution in [0.15, 0.2) is 82.2 Å². The van der Waals surface area contributed by atoms with Gasteiger partial charge in [-0.3, -0.25) is 9.59 Å². The summed E-state index contributed by atoms with van der Waals surface area (Å²) in [5, 5.41) is 5.79. The van der Waals surface area contributed by atoms with E-state index in [1.54, 1.807) is 6.07 Å². The summed E-state index contributed by atoms with van der Waals surface area (Å²) in [6, 6.07) is 22.4. The molecule has 2 N–H and O–H groups in total. The zero-order valence-electron chi connectivity index (χ0n) is 15.2. The lowest BCUT2D eigenvalue weighted by Gasteiger charge is -2.10. The molecule has 0 aliphatic rings. The van der Waals surface area contributed by atoms with Crippen molar-refractivity contribution in [3.05, 3.63) is 88.4 Å². The molecule has 3 aromatic rings. The lowest BCUT2D eigenvalue weighted by Crippen LogP contribution is -2.14. The standard InChI is InChI=1S/C22H19BrN2O2S/c1-15-7-2-3-10-18(15)22(27)24-16-8-6-9-17(13-16)28-14-21(26)25-20-12-5-4-11-19(20)23/h2-13H,14H2,1H3,(H,24,27)(H,25,26). The van der Waals surface area contributed by atoms with Crippen LogP contribution in [0.2, 0.25) is 0 Å². The second kappa shape index (κ2) is 9.57. The van der Waals surface area contributed by atoms with Gasteiger partial charge in [-0.25, -0.2) is 0 Å². The van der Waals surface area contributed by atoms with Gasteiger partial charge in [-0.15, -0.1) is 11.8 Å². The maximum absolute atomic E-state index is 12.5. The minimum absolute atomic E-state index is 0.0914. The van der Waals surface area contributed by atoms with Gasteiger partial charge in [0.2, 0.25) is 5.91 Å². The number of para-hydroxylation sites is 1. The maximum Gasteiger partial charge on any atom is 0.255 e. The van der Waals surface area contributed by atoms with Crippen LogP contribution in [0.4, 0.5) is 11.4 Å². The summed E-state index contributed by atoms with van der Waals surface area (Å²) < 4.78 is 0.842. The van der Waals surface area contributed by atoms with Crippen LogP contribution in [-0.4, -0.2) is 17.6 Å². The van der Waals surface area contributed by atoms with Gasteiger partial charge in [-0.05, 0) is 64.8 Å². The predicted molar refractivity (Wildman–Crippen MR) is 119 cm³/mol. The van der Waals surface area contributed by atoms with Crippen LogP contribution >= 0.6 is 27.7 Å². The molecule has 0 bridgehead atoms. The predicted octanol–water partition coefficient (Wildman–Crippen LogP) is 5.74. The Hall–Kier alpha value is -2.57. The van der Waals surface area contributed by atoms with E-state index in [1.165, 1.54) is 11.8 Å². The van der Waals surface area contributed by atoms with Gasteiger partial charge in [0, 0.05) is 20.6 Å². The molecule has 0 unspecified atom stereocenters. The lowest BCUT2D eigenvalue weighted by atomic mass is 10.1. The van der Waals surface area contributed by atoms with Crippen LogP contribution in [0.5, 0.6) is 0 Å². The van der Waals surface area contributed by atoms with Crippen molar-refractivity contribution in [2.75, 3.05) is 16.4 Å². The van der Waals surface area contributed by atoms with Crippen molar-refractivity contribution in [3.8, 4) is 0 Å². The Morgan fingerprint density at radius 1 is 0.929 bits per heavy atom. The number of halogens is 1. The van der Waals surface area contributed by atoms with Gasteiger partial charge in [0.15, 0.2) is 0 Å². The molecule has 3 rings (SSSR count). The molecule has 142 valence electrons. The number of nitrogens with one attached hydrogen (secondary N) is 2. The summed E-state index contributed by atoms with van der Waals surface area (Å²) in [6.07, 6.45) is 0. The minimum Gasteiger partial charge on any atom is -0.324 e. The molecule has 2 amide bonds. The minimum atomic E-state index is -0.146. The molecular formula is C22H19BrN2O2S. The van der Waals surface area contributed by atoms with Gasteiger partial charge >= 0.3 is 0 Å². The van der Waals surface area contributed by atoms with E-state index in [1.807, 2.05) is 73.7 Å². The Labute approximate surface area is 176 Å². The number of carbonyl (C=O) groups excluding carboxylic acids is 2. The van der Waals surface area contributed by atoms with Crippen molar-refractivity contribution in [2.24, 2.45) is 0 Å². The normalized spacial score (nSPS) is 10.4. The summed E-state index contributed by atoms with van der Waals surface area (Å²) in [5.74, 6) is 0.0365. The average Bonchev–Trinajstić information content (AvgIpc) is 2.69. The van der Waals surface area contributed by atoms with E-state index in [0.717, 1.165) is 20.6 Å². The van der Waals surface area contributed by atoms with Crippen molar-refractivity contribution < 1.29 is 9.59 Å². The van der Waals surface area contributed by atoms with Gasteiger partial charge in [0.05, 0.1) is 11.4 Å². The highest BCUT2D eigenvalue weighted by atomic mass is 79.9. The Bertz CT molecular complexity index is 1010. The van der Waals surface area contributed by atoms with E-state index >= 15 is 0 Å². The third-order valence-electron chi connectivity index (χ3n) is 4.00. The molecule has 0 spiro atoms. The fourth-order valence-corrected chi connectivity index (χ4v) is 3.73. The fraction of sp³-hybridized carbons (Fsp3) is 0.0909. The summed E-state index contributed by atoms with van der Waals surface area (Å²) in [5.41, 5.74) is 3.01. The van der Waals surface area contributed by atoms with E-state index in [9.17, 15) is 9.59 Å². The van der Waals surface area contributed by atoms with E-state index in [2.05, 4.69) is 26.6 Å². The van der Waals surface area contributed by atoms with E-state index in [4.69, 9.17) is 0 Å². The molecule has 0 saturated heterocycles. The molecule has 4 nitrogen and oxygen atoms in total. The summed E-state index contributed by atoms with van der Waals surface area (Å²) in [4.78, 5) is 25.6. The number of anilines is 2. The molecule has 0 heterocycles. The van der Waals surface area contributed by atoms with Crippen LogP contribution in [0.3, 0.4) is 0 Å². The maximum atomic E-state index is 12.5. The van der Waals surface area contributed by atoms with E-state index in [0.29, 0.717) is 11.3 Å². The highest BCUT2D eigenvalue weighted by Crippen LogP contribution is 2.24. The molecule has 0 aromatic heterocycles. The number of benzene rings is 3. The molecule has 3 aromatic carbocycles. The number of carbonyl (C=O) groups is 2. The molecule has 0 atom stereocenters. The van der Waals surface area contributed by atoms with E-state index in [-0.39, 0.29) is 17.6 Å². The zero-order valence-corrected chi connectivity index (χ0v) is 17.6. The summed E-state index contributed by atoms with van der Waals surface area (Å²) in [7, 11) is 0. The molecule has 0 fully saturated rings. The van der Waals surface area contributed by atoms with Crippen LogP contribution in [-0.2, 0) is 4.79 Å². The highest BCUT2D eigenvalue weighted by Gasteiger charge is 2.10. The first-order valence-electron chi connectivity index (χ1n) is 8.67. The summed E-state index contributed by atoms with van der Waals surface area (Å²) >= 11 is 4.83. The molecule has 28 heavy (non-hydrogen) atoms. The fourth-order valence-electron chi connectivity index (χ4n) is 2.59. The Morgan fingerprint density at radius 3 is 2.46 bits per heavy atom. The van der Waals surface area contributed by atoms with Crippen molar-refractivity contribution in [3.63, 3.8) is 0 Å². The number of rotatable bonds is 6. The van der Waals surface area contributed by atoms with Gasteiger partial charge in [0.25, 0.3) is 5.91 Å². The Morgan fingerprint density at radius 2 is 1.68 bits per heavy atom. The van der Waals surface area contributed by atoms with Gasteiger partial charge in [-0.2, -0.15) is 0 Å². The molecular weight excluding hydrogens is 436 g/mol. The third-order valence-corrected chi connectivity index (χ3v) is 5.68. The third kappa shape index (κ3) is 5.47. The van der Waals surface area contributed by atoms with Gasteiger partial charge < -0.3 is 10.6 Å². The molecule has 0 aliphatic heterocycles. The highest BCUT2D eigenvalue weighted by molar-refractivity contribution is 9.10. The second-order valence-corrected chi connectivity index (χ2v) is 8.02. The average molecular weight is 455 g/mol. The molecule has 6 heteroatoms. The first kappa shape index (κ1) is 20.2. The topological polar surface area (TPSA) is 58.2 Å². The van der Waals surface area contributed by atoms with Gasteiger partial charge in [0.1, 0.15) is 0 Å². The number of hydrogen-bond acceptors (Lipinski definition) is 3. The molecule has 0 aliphatic carbocycles. The number of amides is 2. The summed E-state index contributed by atoms with van der Waals surface area (Å²) in [6.45, 7) is 1.91. The second-order valence-electron chi connectivity index (χ2n) is 6.11. The van der Waals surface area contributed by atoms with Crippen molar-refractivity contribution in [2.45, 2.75) is 11.8 Å². The quantitative estimate of drug-likeness (QED) is 0.466. The van der Waals surface area contributed by atoms with Crippen molar-refractivity contribution >= 4 is 50.9 Å². The monoisotopic (exact) mass is 454 g/mol.